The first-order valence-corrected chi connectivity index (χ1v) is 6.82. The summed E-state index contributed by atoms with van der Waals surface area (Å²) in [5.74, 6) is 0. The van der Waals surface area contributed by atoms with E-state index in [1.54, 1.807) is 45.0 Å². The molecule has 0 amide bonds. The van der Waals surface area contributed by atoms with Gasteiger partial charge in [0.05, 0.1) is 5.52 Å². The summed E-state index contributed by atoms with van der Waals surface area (Å²) in [5, 5.41) is 21.2. The second-order valence-corrected chi connectivity index (χ2v) is 5.98. The zero-order valence-corrected chi connectivity index (χ0v) is 12.6. The SMILES string of the molecule is CC(C)(C)OC(=O)n1cc([C@@H](O)C[N+](=O)[O-])c2ccccc21. The number of nitrogens with zero attached hydrogens (tertiary/aromatic N) is 2. The number of aliphatic hydroxyl groups is 1. The first kappa shape index (κ1) is 16.0. The third-order valence-corrected chi connectivity index (χ3v) is 3.01. The molecule has 7 nitrogen and oxygen atoms in total. The summed E-state index contributed by atoms with van der Waals surface area (Å²) < 4.78 is 6.58. The zero-order chi connectivity index (χ0) is 16.5. The van der Waals surface area contributed by atoms with Crippen molar-refractivity contribution in [1.82, 2.24) is 4.57 Å². The van der Waals surface area contributed by atoms with Gasteiger partial charge in [-0.25, -0.2) is 4.79 Å². The number of fused-ring (bicyclic) bond motifs is 1. The Balaban J connectivity index is 2.48. The summed E-state index contributed by atoms with van der Waals surface area (Å²) in [7, 11) is 0. The Morgan fingerprint density at radius 1 is 1.41 bits per heavy atom. The lowest BCUT2D eigenvalue weighted by Gasteiger charge is -2.19. The van der Waals surface area contributed by atoms with E-state index >= 15 is 0 Å². The first-order chi connectivity index (χ1) is 10.2. The van der Waals surface area contributed by atoms with Gasteiger partial charge in [-0.15, -0.1) is 0 Å². The first-order valence-electron chi connectivity index (χ1n) is 6.82. The topological polar surface area (TPSA) is 94.6 Å². The lowest BCUT2D eigenvalue weighted by Crippen LogP contribution is -2.26. The van der Waals surface area contributed by atoms with E-state index in [-0.39, 0.29) is 0 Å². The Labute approximate surface area is 127 Å². The van der Waals surface area contributed by atoms with E-state index in [4.69, 9.17) is 4.74 Å². The standard InChI is InChI=1S/C15H18N2O5/c1-15(2,3)22-14(19)16-8-11(13(18)9-17(20)21)10-6-4-5-7-12(10)16/h4-8,13,18H,9H2,1-3H3/t13-/m0/s1. The molecule has 0 unspecified atom stereocenters. The molecule has 0 saturated heterocycles. The number of carbonyl (C=O) groups excluding carboxylic acids is 1. The van der Waals surface area contributed by atoms with Crippen LogP contribution in [0.2, 0.25) is 0 Å². The lowest BCUT2D eigenvalue weighted by atomic mass is 10.1. The lowest BCUT2D eigenvalue weighted by molar-refractivity contribution is -0.491. The minimum Gasteiger partial charge on any atom is -0.443 e. The van der Waals surface area contributed by atoms with E-state index in [2.05, 4.69) is 0 Å². The van der Waals surface area contributed by atoms with Crippen LogP contribution in [0, 0.1) is 10.1 Å². The Morgan fingerprint density at radius 2 is 2.05 bits per heavy atom. The van der Waals surface area contributed by atoms with Gasteiger partial charge in [0, 0.05) is 22.1 Å². The van der Waals surface area contributed by atoms with Crippen molar-refractivity contribution in [3.8, 4) is 0 Å². The normalized spacial score (nSPS) is 13.1. The largest absolute Gasteiger partial charge is 0.443 e. The third kappa shape index (κ3) is 3.43. The second kappa shape index (κ2) is 5.76. The number of aliphatic hydroxyl groups excluding tert-OH is 1. The van der Waals surface area contributed by atoms with Crippen LogP contribution in [0.3, 0.4) is 0 Å². The molecule has 0 radical (unpaired) electrons. The molecule has 1 heterocycles. The highest BCUT2D eigenvalue weighted by Crippen LogP contribution is 2.27. The maximum absolute atomic E-state index is 12.3. The summed E-state index contributed by atoms with van der Waals surface area (Å²) >= 11 is 0. The molecule has 1 N–H and O–H groups in total. The highest BCUT2D eigenvalue weighted by atomic mass is 16.6. The Hall–Kier alpha value is -2.41. The fourth-order valence-corrected chi connectivity index (χ4v) is 2.17. The van der Waals surface area contributed by atoms with Crippen LogP contribution in [0.15, 0.2) is 30.5 Å². The maximum Gasteiger partial charge on any atom is 0.419 e. The average Bonchev–Trinajstić information content (AvgIpc) is 2.75. The Kier molecular flexibility index (Phi) is 4.18. The Bertz CT molecular complexity index is 714. The van der Waals surface area contributed by atoms with Gasteiger partial charge in [0.25, 0.3) is 0 Å². The molecular formula is C15H18N2O5. The van der Waals surface area contributed by atoms with Crippen molar-refractivity contribution in [2.45, 2.75) is 32.5 Å². The number of carbonyl (C=O) groups is 1. The van der Waals surface area contributed by atoms with Crippen molar-refractivity contribution in [1.29, 1.82) is 0 Å². The molecule has 0 spiro atoms. The highest BCUT2D eigenvalue weighted by Gasteiger charge is 2.24. The van der Waals surface area contributed by atoms with Gasteiger partial charge in [0.15, 0.2) is 0 Å². The van der Waals surface area contributed by atoms with Crippen LogP contribution in [-0.2, 0) is 4.74 Å². The van der Waals surface area contributed by atoms with E-state index in [1.165, 1.54) is 10.8 Å². The van der Waals surface area contributed by atoms with Gasteiger partial charge in [0.1, 0.15) is 11.7 Å². The molecule has 1 atom stereocenters. The molecule has 1 aromatic carbocycles. The van der Waals surface area contributed by atoms with Crippen molar-refractivity contribution in [2.75, 3.05) is 6.54 Å². The predicted molar refractivity (Wildman–Crippen MR) is 80.4 cm³/mol. The summed E-state index contributed by atoms with van der Waals surface area (Å²) in [6.45, 7) is 4.62. The molecule has 2 aromatic rings. The van der Waals surface area contributed by atoms with E-state index in [9.17, 15) is 20.0 Å². The second-order valence-electron chi connectivity index (χ2n) is 5.98. The van der Waals surface area contributed by atoms with Crippen molar-refractivity contribution in [3.05, 3.63) is 46.1 Å². The average molecular weight is 306 g/mol. The number of rotatable bonds is 3. The molecule has 22 heavy (non-hydrogen) atoms. The van der Waals surface area contributed by atoms with E-state index in [0.29, 0.717) is 16.5 Å². The van der Waals surface area contributed by atoms with Crippen LogP contribution in [0.4, 0.5) is 4.79 Å². The summed E-state index contributed by atoms with van der Waals surface area (Å²) in [6.07, 6.45) is -0.487. The number of para-hydroxylation sites is 1. The van der Waals surface area contributed by atoms with Crippen molar-refractivity contribution < 1.29 is 19.6 Å². The molecule has 7 heteroatoms. The van der Waals surface area contributed by atoms with Crippen LogP contribution in [-0.4, -0.2) is 32.8 Å². The molecule has 0 aliphatic heterocycles. The van der Waals surface area contributed by atoms with E-state index in [0.717, 1.165) is 0 Å². The third-order valence-electron chi connectivity index (χ3n) is 3.01. The molecule has 0 fully saturated rings. The summed E-state index contributed by atoms with van der Waals surface area (Å²) in [6, 6.07) is 6.88. The molecule has 0 aliphatic carbocycles. The minimum atomic E-state index is -1.29. The smallest absolute Gasteiger partial charge is 0.419 e. The zero-order valence-electron chi connectivity index (χ0n) is 12.6. The van der Waals surface area contributed by atoms with Gasteiger partial charge >= 0.3 is 6.09 Å². The Morgan fingerprint density at radius 3 is 2.64 bits per heavy atom. The van der Waals surface area contributed by atoms with E-state index in [1.807, 2.05) is 0 Å². The molecule has 1 aromatic heterocycles. The van der Waals surface area contributed by atoms with Crippen molar-refractivity contribution in [2.24, 2.45) is 0 Å². The molecule has 0 aliphatic rings. The van der Waals surface area contributed by atoms with Crippen molar-refractivity contribution >= 4 is 17.0 Å². The predicted octanol–water partition coefficient (Wildman–Crippen LogP) is 2.73. The molecule has 118 valence electrons. The van der Waals surface area contributed by atoms with Gasteiger partial charge in [-0.1, -0.05) is 18.2 Å². The number of ether oxygens (including phenoxy) is 1. The number of hydrogen-bond donors (Lipinski definition) is 1. The molecule has 0 saturated carbocycles. The minimum absolute atomic E-state index is 0.332. The van der Waals surface area contributed by atoms with Crippen LogP contribution < -0.4 is 0 Å². The number of aromatic nitrogens is 1. The number of nitro groups is 1. The van der Waals surface area contributed by atoms with Gasteiger partial charge in [-0.2, -0.15) is 0 Å². The van der Waals surface area contributed by atoms with Gasteiger partial charge in [-0.05, 0) is 26.8 Å². The maximum atomic E-state index is 12.3. The fraction of sp³-hybridized carbons (Fsp3) is 0.400. The number of benzene rings is 1. The van der Waals surface area contributed by atoms with Gasteiger partial charge < -0.3 is 9.84 Å². The van der Waals surface area contributed by atoms with Crippen molar-refractivity contribution in [3.63, 3.8) is 0 Å². The monoisotopic (exact) mass is 306 g/mol. The van der Waals surface area contributed by atoms with Crippen LogP contribution in [0.5, 0.6) is 0 Å². The van der Waals surface area contributed by atoms with Crippen LogP contribution in [0.25, 0.3) is 10.9 Å². The molecule has 2 rings (SSSR count). The quantitative estimate of drug-likeness (QED) is 0.695. The summed E-state index contributed by atoms with van der Waals surface area (Å²) in [5.41, 5.74) is 0.203. The van der Waals surface area contributed by atoms with Gasteiger partial charge in [-0.3, -0.25) is 14.7 Å². The fourth-order valence-electron chi connectivity index (χ4n) is 2.17. The number of hydrogen-bond acceptors (Lipinski definition) is 5. The van der Waals surface area contributed by atoms with Gasteiger partial charge in [0.2, 0.25) is 6.54 Å². The molecule has 0 bridgehead atoms. The highest BCUT2D eigenvalue weighted by molar-refractivity contribution is 5.92. The van der Waals surface area contributed by atoms with Crippen LogP contribution in [0.1, 0.15) is 32.4 Å². The molecular weight excluding hydrogens is 288 g/mol. The van der Waals surface area contributed by atoms with Crippen LogP contribution >= 0.6 is 0 Å². The summed E-state index contributed by atoms with van der Waals surface area (Å²) in [4.78, 5) is 22.3. The van der Waals surface area contributed by atoms with E-state index < -0.39 is 29.3 Å².